The zero-order valence-corrected chi connectivity index (χ0v) is 18.3. The fourth-order valence-electron chi connectivity index (χ4n) is 4.34. The first kappa shape index (κ1) is 20.7. The number of benzene rings is 2. The second-order valence-corrected chi connectivity index (χ2v) is 10.3. The Morgan fingerprint density at radius 1 is 1.07 bits per heavy atom. The molecule has 1 heterocycles. The molecule has 2 atom stereocenters. The van der Waals surface area contributed by atoms with Crippen molar-refractivity contribution in [3.63, 3.8) is 0 Å². The molecule has 30 heavy (non-hydrogen) atoms. The average molecular weight is 425 g/mol. The topological polar surface area (TPSA) is 68.2 Å². The van der Waals surface area contributed by atoms with Crippen molar-refractivity contribution in [1.29, 1.82) is 0 Å². The van der Waals surface area contributed by atoms with E-state index in [1.807, 2.05) is 25.1 Å². The van der Waals surface area contributed by atoms with Crippen LogP contribution in [-0.4, -0.2) is 24.9 Å². The van der Waals surface area contributed by atoms with Crippen LogP contribution >= 0.6 is 0 Å². The van der Waals surface area contributed by atoms with Crippen LogP contribution in [0.2, 0.25) is 0 Å². The molecule has 4 rings (SSSR count). The van der Waals surface area contributed by atoms with E-state index in [2.05, 4.69) is 12.2 Å². The molecule has 3 aromatic rings. The molecule has 158 valence electrons. The van der Waals surface area contributed by atoms with Crippen molar-refractivity contribution in [3.05, 3.63) is 60.3 Å². The first-order valence-corrected chi connectivity index (χ1v) is 12.0. The zero-order valence-electron chi connectivity index (χ0n) is 17.5. The Bertz CT molecular complexity index is 1160. The molecule has 1 aliphatic rings. The van der Waals surface area contributed by atoms with Gasteiger partial charge in [-0.1, -0.05) is 55.7 Å². The summed E-state index contributed by atoms with van der Waals surface area (Å²) in [4.78, 5) is 13.3. The van der Waals surface area contributed by atoms with Crippen molar-refractivity contribution in [2.24, 2.45) is 5.92 Å². The number of sulfone groups is 1. The third-order valence-electron chi connectivity index (χ3n) is 6.14. The number of hydrogen-bond acceptors (Lipinski definition) is 3. The first-order valence-electron chi connectivity index (χ1n) is 10.6. The van der Waals surface area contributed by atoms with E-state index in [0.29, 0.717) is 11.3 Å². The minimum atomic E-state index is -3.69. The Balaban J connectivity index is 1.65. The highest BCUT2D eigenvalue weighted by molar-refractivity contribution is 7.91. The minimum Gasteiger partial charge on any atom is -0.352 e. The van der Waals surface area contributed by atoms with E-state index in [4.69, 9.17) is 0 Å². The number of nitrogens with zero attached hydrogens (tertiary/aromatic N) is 1. The summed E-state index contributed by atoms with van der Waals surface area (Å²) in [6.07, 6.45) is 6.10. The number of hydrogen-bond donors (Lipinski definition) is 1. The number of fused-ring (bicyclic) bond motifs is 1. The van der Waals surface area contributed by atoms with Gasteiger partial charge in [-0.05, 0) is 43.9 Å². The van der Waals surface area contributed by atoms with Gasteiger partial charge in [-0.2, -0.15) is 0 Å². The van der Waals surface area contributed by atoms with Crippen LogP contribution in [0.4, 0.5) is 0 Å². The van der Waals surface area contributed by atoms with Crippen molar-refractivity contribution in [2.45, 2.75) is 61.9 Å². The lowest BCUT2D eigenvalue weighted by atomic mass is 9.86. The number of carbonyl (C=O) groups excluding carboxylic acids is 1. The number of amides is 1. The Labute approximate surface area is 178 Å². The van der Waals surface area contributed by atoms with Crippen LogP contribution in [0.3, 0.4) is 0 Å². The summed E-state index contributed by atoms with van der Waals surface area (Å²) in [6, 6.07) is 14.4. The molecule has 5 nitrogen and oxygen atoms in total. The van der Waals surface area contributed by atoms with Crippen molar-refractivity contribution >= 4 is 26.6 Å². The summed E-state index contributed by atoms with van der Waals surface area (Å²) in [6.45, 7) is 4.21. The molecule has 0 radical (unpaired) electrons. The van der Waals surface area contributed by atoms with Gasteiger partial charge in [0.15, 0.2) is 0 Å². The van der Waals surface area contributed by atoms with Crippen molar-refractivity contribution < 1.29 is 13.2 Å². The predicted molar refractivity (Wildman–Crippen MR) is 118 cm³/mol. The number of aromatic nitrogens is 1. The number of rotatable bonds is 5. The molecule has 1 amide bonds. The number of carbonyl (C=O) groups is 1. The highest BCUT2D eigenvalue weighted by Crippen LogP contribution is 2.30. The normalized spacial score (nSPS) is 19.7. The van der Waals surface area contributed by atoms with E-state index < -0.39 is 9.84 Å². The summed E-state index contributed by atoms with van der Waals surface area (Å²) in [5.41, 5.74) is 1.75. The van der Waals surface area contributed by atoms with Gasteiger partial charge in [-0.15, -0.1) is 0 Å². The third kappa shape index (κ3) is 4.01. The predicted octanol–water partition coefficient (Wildman–Crippen LogP) is 4.48. The zero-order chi connectivity index (χ0) is 21.3. The smallest absolute Gasteiger partial charge is 0.240 e. The van der Waals surface area contributed by atoms with Gasteiger partial charge in [0, 0.05) is 23.1 Å². The fourth-order valence-corrected chi connectivity index (χ4v) is 5.82. The van der Waals surface area contributed by atoms with Crippen LogP contribution in [0.25, 0.3) is 10.9 Å². The van der Waals surface area contributed by atoms with E-state index in [1.54, 1.807) is 41.1 Å². The highest BCUT2D eigenvalue weighted by atomic mass is 32.2. The first-order chi connectivity index (χ1) is 14.4. The molecule has 2 aromatic carbocycles. The Hall–Kier alpha value is -2.60. The summed E-state index contributed by atoms with van der Waals surface area (Å²) < 4.78 is 28.4. The molecule has 1 fully saturated rings. The lowest BCUT2D eigenvalue weighted by Gasteiger charge is -2.29. The van der Waals surface area contributed by atoms with Crippen LogP contribution in [0.15, 0.2) is 64.5 Å². The van der Waals surface area contributed by atoms with Crippen LogP contribution in [0.5, 0.6) is 0 Å². The van der Waals surface area contributed by atoms with Gasteiger partial charge >= 0.3 is 0 Å². The molecule has 0 aliphatic heterocycles. The molecule has 6 heteroatoms. The van der Waals surface area contributed by atoms with E-state index >= 15 is 0 Å². The maximum atomic E-state index is 13.3. The van der Waals surface area contributed by atoms with Crippen molar-refractivity contribution in [2.75, 3.05) is 0 Å². The van der Waals surface area contributed by atoms with Crippen LogP contribution in [0, 0.1) is 12.8 Å². The summed E-state index contributed by atoms with van der Waals surface area (Å²) in [7, 11) is -3.69. The van der Waals surface area contributed by atoms with Crippen molar-refractivity contribution in [1.82, 2.24) is 9.88 Å². The van der Waals surface area contributed by atoms with E-state index in [9.17, 15) is 13.2 Å². The Kier molecular flexibility index (Phi) is 5.69. The molecule has 1 aromatic heterocycles. The second-order valence-electron chi connectivity index (χ2n) is 8.39. The largest absolute Gasteiger partial charge is 0.352 e. The van der Waals surface area contributed by atoms with Crippen LogP contribution < -0.4 is 5.32 Å². The molecule has 1 aliphatic carbocycles. The van der Waals surface area contributed by atoms with E-state index in [-0.39, 0.29) is 28.3 Å². The molecular formula is C24H28N2O3S. The summed E-state index contributed by atoms with van der Waals surface area (Å²) >= 11 is 0. The second kappa shape index (κ2) is 8.26. The van der Waals surface area contributed by atoms with Gasteiger partial charge in [0.25, 0.3) is 0 Å². The van der Waals surface area contributed by atoms with Gasteiger partial charge in [0.05, 0.1) is 9.79 Å². The molecule has 0 bridgehead atoms. The van der Waals surface area contributed by atoms with Gasteiger partial charge < -0.3 is 9.88 Å². The van der Waals surface area contributed by atoms with E-state index in [1.165, 1.54) is 6.42 Å². The number of aryl methyl sites for hydroxylation is 1. The van der Waals surface area contributed by atoms with Gasteiger partial charge in [0.1, 0.15) is 6.54 Å². The van der Waals surface area contributed by atoms with Crippen LogP contribution in [0.1, 0.15) is 38.2 Å². The lowest BCUT2D eigenvalue weighted by Crippen LogP contribution is -2.42. The molecule has 2 unspecified atom stereocenters. The molecule has 0 spiro atoms. The average Bonchev–Trinajstić information content (AvgIpc) is 3.09. The van der Waals surface area contributed by atoms with Crippen LogP contribution in [-0.2, 0) is 21.2 Å². The van der Waals surface area contributed by atoms with Gasteiger partial charge in [-0.3, -0.25) is 4.79 Å². The lowest BCUT2D eigenvalue weighted by molar-refractivity contribution is -0.122. The Morgan fingerprint density at radius 2 is 1.77 bits per heavy atom. The highest BCUT2D eigenvalue weighted by Gasteiger charge is 2.25. The minimum absolute atomic E-state index is 0.0752. The monoisotopic (exact) mass is 424 g/mol. The number of nitrogens with one attached hydrogen (secondary N) is 1. The maximum absolute atomic E-state index is 13.3. The summed E-state index contributed by atoms with van der Waals surface area (Å²) in [5.74, 6) is 0.398. The van der Waals surface area contributed by atoms with E-state index in [0.717, 1.165) is 30.3 Å². The molecule has 0 saturated heterocycles. The molecule has 1 saturated carbocycles. The maximum Gasteiger partial charge on any atom is 0.240 e. The summed E-state index contributed by atoms with van der Waals surface area (Å²) in [5, 5.41) is 3.79. The molecular weight excluding hydrogens is 396 g/mol. The SMILES string of the molecule is Cc1ccc(S(=O)(=O)c2cn(CC(=O)NC3CCCCC3C)c3ccccc23)cc1. The van der Waals surface area contributed by atoms with Gasteiger partial charge in [0.2, 0.25) is 15.7 Å². The number of para-hydroxylation sites is 1. The standard InChI is InChI=1S/C24H28N2O3S/c1-17-11-13-19(14-12-17)30(28,29)23-15-26(22-10-6-4-8-20(22)23)16-24(27)25-21-9-5-3-7-18(21)2/h4,6,8,10-15,18,21H,3,5,7,9,16H2,1-2H3,(H,25,27). The van der Waals surface area contributed by atoms with Crippen molar-refractivity contribution in [3.8, 4) is 0 Å². The molecule has 1 N–H and O–H groups in total. The fraction of sp³-hybridized carbons (Fsp3) is 0.375. The van der Waals surface area contributed by atoms with Gasteiger partial charge in [-0.25, -0.2) is 8.42 Å². The quantitative estimate of drug-likeness (QED) is 0.657. The Morgan fingerprint density at radius 3 is 2.50 bits per heavy atom. The third-order valence-corrected chi connectivity index (χ3v) is 7.94.